The van der Waals surface area contributed by atoms with Gasteiger partial charge in [0.1, 0.15) is 11.5 Å². The second-order valence-electron chi connectivity index (χ2n) is 3.78. The van der Waals surface area contributed by atoms with E-state index in [4.69, 9.17) is 9.94 Å². The second kappa shape index (κ2) is 6.78. The maximum Gasteiger partial charge on any atom is 0.128 e. The van der Waals surface area contributed by atoms with Crippen LogP contribution in [0.4, 0.5) is 0 Å². The van der Waals surface area contributed by atoms with Crippen molar-refractivity contribution in [2.24, 2.45) is 5.16 Å². The molecule has 4 heteroatoms. The van der Waals surface area contributed by atoms with E-state index in [1.165, 1.54) is 0 Å². The molecule has 17 heavy (non-hydrogen) atoms. The van der Waals surface area contributed by atoms with E-state index in [2.05, 4.69) is 12.1 Å². The molecule has 0 bridgehead atoms. The highest BCUT2D eigenvalue weighted by Crippen LogP contribution is 2.25. The van der Waals surface area contributed by atoms with Gasteiger partial charge in [-0.3, -0.25) is 0 Å². The smallest absolute Gasteiger partial charge is 0.128 e. The summed E-state index contributed by atoms with van der Waals surface area (Å²) in [6.07, 6.45) is 2.61. The largest absolute Gasteiger partial charge is 0.507 e. The number of phenolic OH excluding ortho intramolecular Hbond substituents is 1. The highest BCUT2D eigenvalue weighted by Gasteiger charge is 2.09. The van der Waals surface area contributed by atoms with Gasteiger partial charge in [0, 0.05) is 11.6 Å². The van der Waals surface area contributed by atoms with E-state index in [1.807, 2.05) is 6.92 Å². The van der Waals surface area contributed by atoms with Crippen LogP contribution in [-0.2, 0) is 0 Å². The molecule has 0 aromatic heterocycles. The van der Waals surface area contributed by atoms with E-state index in [-0.39, 0.29) is 5.75 Å². The number of ether oxygens (including phenoxy) is 1. The first-order chi connectivity index (χ1) is 8.22. The normalized spacial score (nSPS) is 11.5. The Morgan fingerprint density at radius 2 is 2.12 bits per heavy atom. The standard InChI is InChI=1S/C13H19NO3/c1-3-5-8-17-10-6-7-11(13(15)9-10)12(4-2)14-16/h6-7,9,15-16H,3-5,8H2,1-2H3/b14-12+. The Hall–Kier alpha value is -1.71. The highest BCUT2D eigenvalue weighted by atomic mass is 16.5. The quantitative estimate of drug-likeness (QED) is 0.346. The van der Waals surface area contributed by atoms with E-state index in [9.17, 15) is 5.11 Å². The van der Waals surface area contributed by atoms with E-state index in [0.717, 1.165) is 12.8 Å². The first-order valence-corrected chi connectivity index (χ1v) is 5.90. The van der Waals surface area contributed by atoms with Gasteiger partial charge in [0.05, 0.1) is 12.3 Å². The summed E-state index contributed by atoms with van der Waals surface area (Å²) in [5.74, 6) is 0.710. The Kier molecular flexibility index (Phi) is 5.33. The third-order valence-corrected chi connectivity index (χ3v) is 2.50. The van der Waals surface area contributed by atoms with Gasteiger partial charge >= 0.3 is 0 Å². The first-order valence-electron chi connectivity index (χ1n) is 5.90. The fraction of sp³-hybridized carbons (Fsp3) is 0.462. The van der Waals surface area contributed by atoms with Crippen molar-refractivity contribution >= 4 is 5.71 Å². The number of unbranched alkanes of at least 4 members (excludes halogenated alkanes) is 1. The zero-order chi connectivity index (χ0) is 12.7. The monoisotopic (exact) mass is 237 g/mol. The predicted octanol–water partition coefficient (Wildman–Crippen LogP) is 3.16. The van der Waals surface area contributed by atoms with Gasteiger partial charge in [-0.15, -0.1) is 0 Å². The molecule has 0 atom stereocenters. The molecule has 0 amide bonds. The molecule has 0 aliphatic heterocycles. The SMILES string of the molecule is CCCCOc1ccc(/C(CC)=N/O)c(O)c1. The topological polar surface area (TPSA) is 62.0 Å². The molecule has 0 saturated heterocycles. The van der Waals surface area contributed by atoms with Gasteiger partial charge in [0.2, 0.25) is 0 Å². The predicted molar refractivity (Wildman–Crippen MR) is 67.1 cm³/mol. The maximum atomic E-state index is 9.81. The van der Waals surface area contributed by atoms with E-state index in [1.54, 1.807) is 18.2 Å². The van der Waals surface area contributed by atoms with Gasteiger partial charge in [0.15, 0.2) is 0 Å². The highest BCUT2D eigenvalue weighted by molar-refractivity contribution is 6.02. The zero-order valence-electron chi connectivity index (χ0n) is 10.3. The minimum Gasteiger partial charge on any atom is -0.507 e. The molecule has 94 valence electrons. The number of aromatic hydroxyl groups is 1. The van der Waals surface area contributed by atoms with Crippen LogP contribution in [0.5, 0.6) is 11.5 Å². The molecular formula is C13H19NO3. The van der Waals surface area contributed by atoms with Crippen LogP contribution >= 0.6 is 0 Å². The Morgan fingerprint density at radius 3 is 2.65 bits per heavy atom. The summed E-state index contributed by atoms with van der Waals surface area (Å²) < 4.78 is 5.47. The van der Waals surface area contributed by atoms with E-state index >= 15 is 0 Å². The lowest BCUT2D eigenvalue weighted by Gasteiger charge is -2.09. The molecule has 0 spiro atoms. The Balaban J connectivity index is 2.79. The molecule has 0 radical (unpaired) electrons. The molecule has 2 N–H and O–H groups in total. The Bertz CT molecular complexity index is 388. The fourth-order valence-corrected chi connectivity index (χ4v) is 1.49. The number of oxime groups is 1. The molecule has 1 aromatic carbocycles. The molecule has 0 fully saturated rings. The van der Waals surface area contributed by atoms with Crippen LogP contribution in [0.2, 0.25) is 0 Å². The first kappa shape index (κ1) is 13.4. The number of nitrogens with zero attached hydrogens (tertiary/aromatic N) is 1. The van der Waals surface area contributed by atoms with Crippen molar-refractivity contribution in [1.82, 2.24) is 0 Å². The maximum absolute atomic E-state index is 9.81. The van der Waals surface area contributed by atoms with Crippen molar-refractivity contribution in [2.75, 3.05) is 6.61 Å². The summed E-state index contributed by atoms with van der Waals surface area (Å²) in [7, 11) is 0. The summed E-state index contributed by atoms with van der Waals surface area (Å²) in [6.45, 7) is 4.60. The average molecular weight is 237 g/mol. The third kappa shape index (κ3) is 3.66. The van der Waals surface area contributed by atoms with Crippen molar-refractivity contribution in [3.63, 3.8) is 0 Å². The number of hydrogen-bond donors (Lipinski definition) is 2. The van der Waals surface area contributed by atoms with Crippen LogP contribution in [0.1, 0.15) is 38.7 Å². The molecule has 0 aliphatic rings. The molecule has 4 nitrogen and oxygen atoms in total. The van der Waals surface area contributed by atoms with Crippen LogP contribution in [0.25, 0.3) is 0 Å². The Labute approximate surface area is 102 Å². The number of rotatable bonds is 6. The van der Waals surface area contributed by atoms with Crippen LogP contribution < -0.4 is 4.74 Å². The van der Waals surface area contributed by atoms with E-state index in [0.29, 0.717) is 30.1 Å². The summed E-state index contributed by atoms with van der Waals surface area (Å²) in [6, 6.07) is 5.02. The summed E-state index contributed by atoms with van der Waals surface area (Å²) in [5.41, 5.74) is 1.00. The molecule has 0 unspecified atom stereocenters. The number of hydrogen-bond acceptors (Lipinski definition) is 4. The molecular weight excluding hydrogens is 218 g/mol. The van der Waals surface area contributed by atoms with E-state index < -0.39 is 0 Å². The number of benzene rings is 1. The second-order valence-corrected chi connectivity index (χ2v) is 3.78. The van der Waals surface area contributed by atoms with Crippen LogP contribution in [0.3, 0.4) is 0 Å². The number of phenols is 1. The molecule has 0 heterocycles. The lowest BCUT2D eigenvalue weighted by atomic mass is 10.1. The van der Waals surface area contributed by atoms with Gasteiger partial charge < -0.3 is 15.1 Å². The van der Waals surface area contributed by atoms with Gasteiger partial charge in [-0.05, 0) is 25.0 Å². The summed E-state index contributed by atoms with van der Waals surface area (Å²) in [5, 5.41) is 21.8. The molecule has 0 aliphatic carbocycles. The molecule has 1 aromatic rings. The average Bonchev–Trinajstić information content (AvgIpc) is 2.33. The lowest BCUT2D eigenvalue weighted by molar-refractivity contribution is 0.307. The van der Waals surface area contributed by atoms with Crippen LogP contribution in [-0.4, -0.2) is 22.6 Å². The van der Waals surface area contributed by atoms with Gasteiger partial charge in [-0.25, -0.2) is 0 Å². The van der Waals surface area contributed by atoms with Crippen LogP contribution in [0.15, 0.2) is 23.4 Å². The summed E-state index contributed by atoms with van der Waals surface area (Å²) in [4.78, 5) is 0. The van der Waals surface area contributed by atoms with Crippen molar-refractivity contribution in [3.05, 3.63) is 23.8 Å². The van der Waals surface area contributed by atoms with Gasteiger partial charge in [0.25, 0.3) is 0 Å². The summed E-state index contributed by atoms with van der Waals surface area (Å²) >= 11 is 0. The fourth-order valence-electron chi connectivity index (χ4n) is 1.49. The molecule has 0 saturated carbocycles. The van der Waals surface area contributed by atoms with Gasteiger partial charge in [-0.1, -0.05) is 25.4 Å². The Morgan fingerprint density at radius 1 is 1.35 bits per heavy atom. The zero-order valence-corrected chi connectivity index (χ0v) is 10.3. The van der Waals surface area contributed by atoms with Crippen molar-refractivity contribution in [2.45, 2.75) is 33.1 Å². The van der Waals surface area contributed by atoms with Crippen molar-refractivity contribution in [1.29, 1.82) is 0 Å². The minimum absolute atomic E-state index is 0.0775. The van der Waals surface area contributed by atoms with Gasteiger partial charge in [-0.2, -0.15) is 0 Å². The molecule has 1 rings (SSSR count). The minimum atomic E-state index is 0.0775. The van der Waals surface area contributed by atoms with Crippen molar-refractivity contribution in [3.8, 4) is 11.5 Å². The van der Waals surface area contributed by atoms with Crippen LogP contribution in [0, 0.1) is 0 Å². The van der Waals surface area contributed by atoms with Crippen molar-refractivity contribution < 1.29 is 15.1 Å². The lowest BCUT2D eigenvalue weighted by Crippen LogP contribution is -2.01. The third-order valence-electron chi connectivity index (χ3n) is 2.50.